The zero-order chi connectivity index (χ0) is 23.0. The van der Waals surface area contributed by atoms with E-state index < -0.39 is 17.6 Å². The van der Waals surface area contributed by atoms with Crippen LogP contribution in [-0.2, 0) is 12.6 Å². The van der Waals surface area contributed by atoms with Gasteiger partial charge in [0.05, 0.1) is 22.5 Å². The lowest BCUT2D eigenvalue weighted by atomic mass is 10.0. The number of alkyl halides is 3. The number of amides is 1. The molecule has 0 fully saturated rings. The van der Waals surface area contributed by atoms with Crippen molar-refractivity contribution in [3.63, 3.8) is 0 Å². The number of hydrogen-bond donors (Lipinski definition) is 1. The quantitative estimate of drug-likeness (QED) is 0.432. The third-order valence-electron chi connectivity index (χ3n) is 4.97. The number of halogens is 4. The zero-order valence-corrected chi connectivity index (χ0v) is 17.8. The molecule has 1 N–H and O–H groups in total. The minimum Gasteiger partial charge on any atom is -0.321 e. The van der Waals surface area contributed by atoms with Gasteiger partial charge in [0, 0.05) is 10.7 Å². The van der Waals surface area contributed by atoms with Gasteiger partial charge in [0.1, 0.15) is 0 Å². The number of benzene rings is 2. The lowest BCUT2D eigenvalue weighted by Gasteiger charge is -2.10. The third kappa shape index (κ3) is 4.03. The molecule has 0 spiro atoms. The fourth-order valence-electron chi connectivity index (χ4n) is 3.38. The first-order valence-electron chi connectivity index (χ1n) is 9.68. The van der Waals surface area contributed by atoms with Crippen LogP contribution in [0.1, 0.15) is 34.4 Å². The van der Waals surface area contributed by atoms with Crippen LogP contribution in [0.3, 0.4) is 0 Å². The van der Waals surface area contributed by atoms with Crippen LogP contribution in [-0.4, -0.2) is 25.7 Å². The highest BCUT2D eigenvalue weighted by atomic mass is 35.5. The smallest absolute Gasteiger partial charge is 0.321 e. The summed E-state index contributed by atoms with van der Waals surface area (Å²) < 4.78 is 39.7. The molecule has 0 aliphatic heterocycles. The van der Waals surface area contributed by atoms with Gasteiger partial charge < -0.3 is 5.32 Å². The number of nitrogens with zero attached hydrogens (tertiary/aromatic N) is 4. The highest BCUT2D eigenvalue weighted by Crippen LogP contribution is 2.31. The van der Waals surface area contributed by atoms with Crippen molar-refractivity contribution in [3.05, 3.63) is 76.2 Å². The Balaban J connectivity index is 1.70. The van der Waals surface area contributed by atoms with Crippen LogP contribution in [0.15, 0.2) is 48.5 Å². The Morgan fingerprint density at radius 2 is 1.84 bits per heavy atom. The van der Waals surface area contributed by atoms with Gasteiger partial charge in [-0.2, -0.15) is 18.3 Å². The molecule has 2 aromatic carbocycles. The Morgan fingerprint density at radius 1 is 1.12 bits per heavy atom. The number of nitrogens with one attached hydrogen (secondary N) is 1. The summed E-state index contributed by atoms with van der Waals surface area (Å²) in [6, 6.07) is 11.5. The van der Waals surface area contributed by atoms with Gasteiger partial charge in [-0.05, 0) is 55.3 Å². The van der Waals surface area contributed by atoms with Crippen LogP contribution in [0, 0.1) is 6.92 Å². The fourth-order valence-corrected chi connectivity index (χ4v) is 3.57. The number of rotatable bonds is 4. The largest absolute Gasteiger partial charge is 0.416 e. The second-order valence-electron chi connectivity index (χ2n) is 7.08. The van der Waals surface area contributed by atoms with E-state index in [1.807, 2.05) is 19.1 Å². The fraction of sp³-hybridized carbons (Fsp3) is 0.182. The standard InChI is InChI=1S/C22H17ClF3N5O/c1-3-17-18(13-5-4-6-15(23)11-13)20-29-28-19(12(2)31(20)30-17)21(32)27-16-9-7-14(8-10-16)22(24,25)26/h4-11H,3H2,1-2H3,(H,27,32). The molecule has 0 bridgehead atoms. The Morgan fingerprint density at radius 3 is 2.47 bits per heavy atom. The van der Waals surface area contributed by atoms with Crippen molar-refractivity contribution in [1.29, 1.82) is 0 Å². The number of aryl methyl sites for hydroxylation is 2. The maximum absolute atomic E-state index is 12.7. The van der Waals surface area contributed by atoms with Crippen LogP contribution in [0.5, 0.6) is 0 Å². The topological polar surface area (TPSA) is 72.2 Å². The average Bonchev–Trinajstić information content (AvgIpc) is 3.13. The molecule has 0 aliphatic carbocycles. The van der Waals surface area contributed by atoms with E-state index >= 15 is 0 Å². The summed E-state index contributed by atoms with van der Waals surface area (Å²) in [5, 5.41) is 16.0. The highest BCUT2D eigenvalue weighted by molar-refractivity contribution is 6.30. The molecule has 4 rings (SSSR count). The maximum atomic E-state index is 12.7. The molecule has 0 unspecified atom stereocenters. The molecule has 1 amide bonds. The normalized spacial score (nSPS) is 11.7. The minimum absolute atomic E-state index is 0.0141. The van der Waals surface area contributed by atoms with Crippen molar-refractivity contribution in [1.82, 2.24) is 19.8 Å². The molecule has 4 aromatic rings. The predicted molar refractivity (Wildman–Crippen MR) is 115 cm³/mol. The zero-order valence-electron chi connectivity index (χ0n) is 17.0. The lowest BCUT2D eigenvalue weighted by Crippen LogP contribution is -2.18. The third-order valence-corrected chi connectivity index (χ3v) is 5.21. The molecule has 164 valence electrons. The van der Waals surface area contributed by atoms with Gasteiger partial charge in [-0.15, -0.1) is 10.2 Å². The van der Waals surface area contributed by atoms with Crippen molar-refractivity contribution in [2.24, 2.45) is 0 Å². The minimum atomic E-state index is -4.45. The monoisotopic (exact) mass is 459 g/mol. The summed E-state index contributed by atoms with van der Waals surface area (Å²) in [5.41, 5.74) is 2.73. The van der Waals surface area contributed by atoms with Crippen LogP contribution < -0.4 is 5.32 Å². The van der Waals surface area contributed by atoms with Crippen molar-refractivity contribution >= 4 is 28.8 Å². The van der Waals surface area contributed by atoms with Crippen molar-refractivity contribution < 1.29 is 18.0 Å². The number of carbonyl (C=O) groups is 1. The molecule has 6 nitrogen and oxygen atoms in total. The van der Waals surface area contributed by atoms with E-state index in [4.69, 9.17) is 11.6 Å². The number of carbonyl (C=O) groups excluding carboxylic acids is 1. The summed E-state index contributed by atoms with van der Waals surface area (Å²) in [6.45, 7) is 3.63. The van der Waals surface area contributed by atoms with Gasteiger partial charge in [-0.1, -0.05) is 30.7 Å². The van der Waals surface area contributed by atoms with E-state index in [1.54, 1.807) is 23.6 Å². The second kappa shape index (κ2) is 8.23. The van der Waals surface area contributed by atoms with Crippen LogP contribution in [0.25, 0.3) is 16.8 Å². The molecule has 0 saturated heterocycles. The number of anilines is 1. The van der Waals surface area contributed by atoms with Gasteiger partial charge >= 0.3 is 6.18 Å². The number of fused-ring (bicyclic) bond motifs is 1. The van der Waals surface area contributed by atoms with E-state index in [0.29, 0.717) is 22.8 Å². The Bertz CT molecular complexity index is 1320. The Labute approximate surface area is 186 Å². The summed E-state index contributed by atoms with van der Waals surface area (Å²) in [6.07, 6.45) is -3.83. The van der Waals surface area contributed by atoms with Crippen molar-refractivity contribution in [3.8, 4) is 11.1 Å². The van der Waals surface area contributed by atoms with E-state index in [-0.39, 0.29) is 11.4 Å². The van der Waals surface area contributed by atoms with Crippen molar-refractivity contribution in [2.45, 2.75) is 26.4 Å². The highest BCUT2D eigenvalue weighted by Gasteiger charge is 2.30. The Kier molecular flexibility index (Phi) is 5.60. The average molecular weight is 460 g/mol. The van der Waals surface area contributed by atoms with Gasteiger partial charge in [0.15, 0.2) is 11.3 Å². The van der Waals surface area contributed by atoms with E-state index in [0.717, 1.165) is 29.0 Å². The summed E-state index contributed by atoms with van der Waals surface area (Å²) in [7, 11) is 0. The van der Waals surface area contributed by atoms with Crippen LogP contribution >= 0.6 is 11.6 Å². The predicted octanol–water partition coefficient (Wildman–Crippen LogP) is 5.59. The lowest BCUT2D eigenvalue weighted by molar-refractivity contribution is -0.137. The molecule has 10 heteroatoms. The molecule has 0 radical (unpaired) electrons. The number of hydrogen-bond acceptors (Lipinski definition) is 4. The van der Waals surface area contributed by atoms with Gasteiger partial charge in [0.25, 0.3) is 5.91 Å². The molecule has 0 saturated carbocycles. The molecule has 0 aliphatic rings. The van der Waals surface area contributed by atoms with E-state index in [2.05, 4.69) is 20.6 Å². The second-order valence-corrected chi connectivity index (χ2v) is 7.52. The molecule has 0 atom stereocenters. The first kappa shape index (κ1) is 21.8. The number of aromatic nitrogens is 4. The first-order valence-corrected chi connectivity index (χ1v) is 10.1. The van der Waals surface area contributed by atoms with Gasteiger partial charge in [-0.25, -0.2) is 4.52 Å². The summed E-state index contributed by atoms with van der Waals surface area (Å²) in [5.74, 6) is -0.602. The SMILES string of the molecule is CCc1nn2c(C)c(C(=O)Nc3ccc(C(F)(F)F)cc3)nnc2c1-c1cccc(Cl)c1. The summed E-state index contributed by atoms with van der Waals surface area (Å²) in [4.78, 5) is 12.7. The summed E-state index contributed by atoms with van der Waals surface area (Å²) >= 11 is 6.14. The van der Waals surface area contributed by atoms with Gasteiger partial charge in [0.2, 0.25) is 0 Å². The molecule has 2 aromatic heterocycles. The first-order chi connectivity index (χ1) is 15.2. The van der Waals surface area contributed by atoms with Crippen LogP contribution in [0.4, 0.5) is 18.9 Å². The van der Waals surface area contributed by atoms with E-state index in [9.17, 15) is 18.0 Å². The van der Waals surface area contributed by atoms with Crippen molar-refractivity contribution in [2.75, 3.05) is 5.32 Å². The van der Waals surface area contributed by atoms with Gasteiger partial charge in [-0.3, -0.25) is 4.79 Å². The maximum Gasteiger partial charge on any atom is 0.416 e. The van der Waals surface area contributed by atoms with Crippen LogP contribution in [0.2, 0.25) is 5.02 Å². The molecular weight excluding hydrogens is 443 g/mol. The molecule has 32 heavy (non-hydrogen) atoms. The molecular formula is C22H17ClF3N5O. The van der Waals surface area contributed by atoms with E-state index in [1.165, 1.54) is 12.1 Å². The molecule has 2 heterocycles. The Hall–Kier alpha value is -3.46.